The number of aryl methyl sites for hydroxylation is 1. The molecule has 1 atom stereocenters. The van der Waals surface area contributed by atoms with Crippen LogP contribution >= 0.6 is 0 Å². The summed E-state index contributed by atoms with van der Waals surface area (Å²) < 4.78 is 27.9. The number of ether oxygens (including phenoxy) is 1. The molecule has 0 aliphatic heterocycles. The molecular formula is C14H24N2O3S. The van der Waals surface area contributed by atoms with Crippen LogP contribution in [0.3, 0.4) is 0 Å². The maximum absolute atomic E-state index is 11.8. The van der Waals surface area contributed by atoms with Crippen molar-refractivity contribution in [2.24, 2.45) is 5.84 Å². The van der Waals surface area contributed by atoms with Gasteiger partial charge in [0.25, 0.3) is 0 Å². The highest BCUT2D eigenvalue weighted by Gasteiger charge is 2.38. The summed E-state index contributed by atoms with van der Waals surface area (Å²) in [5.41, 5.74) is 3.76. The molecule has 3 N–H and O–H groups in total. The maximum Gasteiger partial charge on any atom is 0.154 e. The molecule has 20 heavy (non-hydrogen) atoms. The van der Waals surface area contributed by atoms with E-state index >= 15 is 0 Å². The molecule has 0 saturated heterocycles. The Labute approximate surface area is 121 Å². The highest BCUT2D eigenvalue weighted by atomic mass is 32.2. The molecule has 1 aromatic rings. The number of rotatable bonds is 7. The first kappa shape index (κ1) is 16.9. The van der Waals surface area contributed by atoms with Crippen LogP contribution in [-0.2, 0) is 16.3 Å². The van der Waals surface area contributed by atoms with E-state index in [1.54, 1.807) is 21.0 Å². The molecule has 1 rings (SSSR count). The molecule has 114 valence electrons. The summed E-state index contributed by atoms with van der Waals surface area (Å²) >= 11 is 0. The van der Waals surface area contributed by atoms with Crippen molar-refractivity contribution in [2.75, 3.05) is 13.4 Å². The van der Waals surface area contributed by atoms with Crippen LogP contribution in [0.25, 0.3) is 0 Å². The topological polar surface area (TPSA) is 81.4 Å². The smallest absolute Gasteiger partial charge is 0.154 e. The minimum Gasteiger partial charge on any atom is -0.497 e. The molecule has 1 aromatic carbocycles. The first-order valence-electron chi connectivity index (χ1n) is 6.51. The fourth-order valence-corrected chi connectivity index (χ4v) is 2.70. The molecule has 1 unspecified atom stereocenters. The molecule has 0 fully saturated rings. The van der Waals surface area contributed by atoms with Gasteiger partial charge in [-0.25, -0.2) is 8.42 Å². The van der Waals surface area contributed by atoms with Crippen molar-refractivity contribution in [1.29, 1.82) is 0 Å². The van der Waals surface area contributed by atoms with Gasteiger partial charge in [-0.05, 0) is 44.4 Å². The molecule has 0 saturated carbocycles. The number of hydrogen-bond donors (Lipinski definition) is 2. The average Bonchev–Trinajstić information content (AvgIpc) is 2.38. The quantitative estimate of drug-likeness (QED) is 0.585. The van der Waals surface area contributed by atoms with Crippen LogP contribution in [0.2, 0.25) is 0 Å². The Morgan fingerprint density at radius 3 is 2.25 bits per heavy atom. The van der Waals surface area contributed by atoms with Gasteiger partial charge in [0, 0.05) is 12.3 Å². The molecule has 0 spiro atoms. The molecule has 0 aliphatic carbocycles. The largest absolute Gasteiger partial charge is 0.497 e. The van der Waals surface area contributed by atoms with E-state index < -0.39 is 14.6 Å². The van der Waals surface area contributed by atoms with Crippen LogP contribution in [0.15, 0.2) is 24.3 Å². The van der Waals surface area contributed by atoms with E-state index in [1.165, 1.54) is 6.26 Å². The zero-order chi connectivity index (χ0) is 15.4. The molecule has 0 aromatic heterocycles. The van der Waals surface area contributed by atoms with Crippen molar-refractivity contribution in [3.63, 3.8) is 0 Å². The first-order chi connectivity index (χ1) is 9.22. The normalized spacial score (nSPS) is 14.1. The van der Waals surface area contributed by atoms with E-state index in [-0.39, 0.29) is 6.04 Å². The van der Waals surface area contributed by atoms with Crippen molar-refractivity contribution >= 4 is 9.84 Å². The molecule has 0 aliphatic rings. The molecule has 5 nitrogen and oxygen atoms in total. The predicted molar refractivity (Wildman–Crippen MR) is 81.3 cm³/mol. The number of nitrogens with two attached hydrogens (primary N) is 1. The Bertz CT molecular complexity index is 524. The van der Waals surface area contributed by atoms with E-state index in [4.69, 9.17) is 10.6 Å². The molecule has 6 heteroatoms. The molecule has 0 radical (unpaired) electrons. The third-order valence-corrected chi connectivity index (χ3v) is 6.07. The molecule has 0 bridgehead atoms. The van der Waals surface area contributed by atoms with Gasteiger partial charge in [0.15, 0.2) is 9.84 Å². The Hall–Kier alpha value is -1.11. The second kappa shape index (κ2) is 6.56. The van der Waals surface area contributed by atoms with Crippen LogP contribution in [0.5, 0.6) is 5.75 Å². The Kier molecular flexibility index (Phi) is 5.56. The summed E-state index contributed by atoms with van der Waals surface area (Å²) in [5, 5.41) is 0. The van der Waals surface area contributed by atoms with Gasteiger partial charge in [-0.1, -0.05) is 12.1 Å². The summed E-state index contributed by atoms with van der Waals surface area (Å²) in [5.74, 6) is 6.34. The van der Waals surface area contributed by atoms with E-state index in [0.29, 0.717) is 6.42 Å². The highest BCUT2D eigenvalue weighted by Crippen LogP contribution is 2.23. The minimum absolute atomic E-state index is 0.306. The van der Waals surface area contributed by atoms with Crippen LogP contribution in [0.4, 0.5) is 0 Å². The van der Waals surface area contributed by atoms with Crippen LogP contribution in [0, 0.1) is 0 Å². The number of hydrazine groups is 1. The number of nitrogens with one attached hydrogen (secondary N) is 1. The number of methoxy groups -OCH3 is 1. The van der Waals surface area contributed by atoms with Gasteiger partial charge in [-0.15, -0.1) is 0 Å². The third kappa shape index (κ3) is 3.94. The summed E-state index contributed by atoms with van der Waals surface area (Å²) in [7, 11) is -1.57. The van der Waals surface area contributed by atoms with E-state index in [0.717, 1.165) is 17.7 Å². The fraction of sp³-hybridized carbons (Fsp3) is 0.571. The lowest BCUT2D eigenvalue weighted by Crippen LogP contribution is -2.54. The zero-order valence-electron chi connectivity index (χ0n) is 12.5. The SMILES string of the molecule is COc1ccc(CCC(NN)C(C)(C)S(C)(=O)=O)cc1. The fourth-order valence-electron chi connectivity index (χ4n) is 1.99. The van der Waals surface area contributed by atoms with Gasteiger partial charge in [0.1, 0.15) is 5.75 Å². The van der Waals surface area contributed by atoms with Crippen molar-refractivity contribution in [2.45, 2.75) is 37.5 Å². The minimum atomic E-state index is -3.19. The Balaban J connectivity index is 2.75. The number of hydrogen-bond acceptors (Lipinski definition) is 5. The number of benzene rings is 1. The van der Waals surface area contributed by atoms with E-state index in [1.807, 2.05) is 24.3 Å². The van der Waals surface area contributed by atoms with Gasteiger partial charge in [0.05, 0.1) is 11.9 Å². The van der Waals surface area contributed by atoms with Crippen molar-refractivity contribution in [3.8, 4) is 5.75 Å². The second-order valence-corrected chi connectivity index (χ2v) is 8.08. The van der Waals surface area contributed by atoms with Crippen LogP contribution in [-0.4, -0.2) is 32.6 Å². The van der Waals surface area contributed by atoms with Crippen molar-refractivity contribution < 1.29 is 13.2 Å². The van der Waals surface area contributed by atoms with Gasteiger partial charge >= 0.3 is 0 Å². The van der Waals surface area contributed by atoms with Gasteiger partial charge < -0.3 is 4.74 Å². The van der Waals surface area contributed by atoms with E-state index in [2.05, 4.69) is 5.43 Å². The number of sulfone groups is 1. The lowest BCUT2D eigenvalue weighted by molar-refractivity contribution is 0.394. The Morgan fingerprint density at radius 1 is 1.30 bits per heavy atom. The second-order valence-electron chi connectivity index (χ2n) is 5.48. The van der Waals surface area contributed by atoms with E-state index in [9.17, 15) is 8.42 Å². The zero-order valence-corrected chi connectivity index (χ0v) is 13.3. The molecule has 0 amide bonds. The van der Waals surface area contributed by atoms with Gasteiger partial charge in [0.2, 0.25) is 0 Å². The lowest BCUT2D eigenvalue weighted by Gasteiger charge is -2.32. The summed E-state index contributed by atoms with van der Waals surface area (Å²) in [6, 6.07) is 7.42. The molecule has 0 heterocycles. The summed E-state index contributed by atoms with van der Waals surface area (Å²) in [6.45, 7) is 3.39. The molecular weight excluding hydrogens is 276 g/mol. The first-order valence-corrected chi connectivity index (χ1v) is 8.40. The standard InChI is InChI=1S/C14H24N2O3S/c1-14(2,20(4,17)18)13(16-15)10-7-11-5-8-12(19-3)9-6-11/h5-6,8-9,13,16H,7,10,15H2,1-4H3. The van der Waals surface area contributed by atoms with Crippen molar-refractivity contribution in [1.82, 2.24) is 5.43 Å². The van der Waals surface area contributed by atoms with Gasteiger partial charge in [-0.2, -0.15) is 0 Å². The predicted octanol–water partition coefficient (Wildman–Crippen LogP) is 1.28. The van der Waals surface area contributed by atoms with Gasteiger partial charge in [-0.3, -0.25) is 11.3 Å². The highest BCUT2D eigenvalue weighted by molar-refractivity contribution is 7.92. The van der Waals surface area contributed by atoms with Crippen molar-refractivity contribution in [3.05, 3.63) is 29.8 Å². The average molecular weight is 300 g/mol. The monoisotopic (exact) mass is 300 g/mol. The van der Waals surface area contributed by atoms with Crippen LogP contribution < -0.4 is 16.0 Å². The summed E-state index contributed by atoms with van der Waals surface area (Å²) in [4.78, 5) is 0. The Morgan fingerprint density at radius 2 is 1.85 bits per heavy atom. The third-order valence-electron chi connectivity index (χ3n) is 3.88. The maximum atomic E-state index is 11.8. The summed E-state index contributed by atoms with van der Waals surface area (Å²) in [6.07, 6.45) is 2.63. The lowest BCUT2D eigenvalue weighted by atomic mass is 9.96. The van der Waals surface area contributed by atoms with Crippen LogP contribution in [0.1, 0.15) is 25.8 Å².